The lowest BCUT2D eigenvalue weighted by Crippen LogP contribution is -2.47. The Morgan fingerprint density at radius 2 is 1.87 bits per heavy atom. The number of aromatic nitrogens is 5. The van der Waals surface area contributed by atoms with Crippen LogP contribution in [0, 0.1) is 0 Å². The number of rotatable bonds is 5. The summed E-state index contributed by atoms with van der Waals surface area (Å²) in [5.41, 5.74) is 0.448. The lowest BCUT2D eigenvalue weighted by molar-refractivity contribution is 0.395. The maximum atomic E-state index is 12.7. The van der Waals surface area contributed by atoms with Crippen LogP contribution in [0.2, 0.25) is 0 Å². The summed E-state index contributed by atoms with van der Waals surface area (Å²) in [6.45, 7) is 1.66. The van der Waals surface area contributed by atoms with Gasteiger partial charge in [0.2, 0.25) is 11.8 Å². The van der Waals surface area contributed by atoms with Crippen LogP contribution in [0.15, 0.2) is 35.5 Å². The van der Waals surface area contributed by atoms with E-state index in [0.717, 1.165) is 31.7 Å². The van der Waals surface area contributed by atoms with Crippen molar-refractivity contribution in [2.24, 2.45) is 7.05 Å². The number of hydrogen-bond donors (Lipinski definition) is 0. The van der Waals surface area contributed by atoms with Crippen molar-refractivity contribution in [1.82, 2.24) is 24.5 Å². The smallest absolute Gasteiger partial charge is 0.264 e. The van der Waals surface area contributed by atoms with Crippen molar-refractivity contribution < 1.29 is 4.74 Å². The lowest BCUT2D eigenvalue weighted by atomic mass is 10.0. The van der Waals surface area contributed by atoms with Gasteiger partial charge < -0.3 is 14.5 Å². The van der Waals surface area contributed by atoms with E-state index in [0.29, 0.717) is 34.9 Å². The fourth-order valence-electron chi connectivity index (χ4n) is 4.33. The van der Waals surface area contributed by atoms with Gasteiger partial charge in [-0.1, -0.05) is 0 Å². The van der Waals surface area contributed by atoms with Crippen molar-refractivity contribution in [3.05, 3.63) is 41.1 Å². The molecule has 0 spiro atoms. The van der Waals surface area contributed by atoms with Gasteiger partial charge in [-0.15, -0.1) is 0 Å². The number of methoxy groups -OCH3 is 1. The van der Waals surface area contributed by atoms with E-state index in [-0.39, 0.29) is 5.56 Å². The molecular weight excluding hydrogens is 382 g/mol. The molecule has 0 amide bonds. The number of hydrogen-bond acceptors (Lipinski definition) is 8. The fraction of sp³-hybridized carbons (Fsp3) is 0.476. The Bertz CT molecular complexity index is 1120. The van der Waals surface area contributed by atoms with Gasteiger partial charge in [-0.2, -0.15) is 4.98 Å². The second-order valence-electron chi connectivity index (χ2n) is 7.93. The highest BCUT2D eigenvalue weighted by Crippen LogP contribution is 2.36. The van der Waals surface area contributed by atoms with Gasteiger partial charge in [0, 0.05) is 44.5 Å². The highest BCUT2D eigenvalue weighted by Gasteiger charge is 2.37. The van der Waals surface area contributed by atoms with Crippen molar-refractivity contribution >= 4 is 22.8 Å². The summed E-state index contributed by atoms with van der Waals surface area (Å²) in [5.74, 6) is 2.21. The Kier molecular flexibility index (Phi) is 4.72. The number of anilines is 2. The highest BCUT2D eigenvalue weighted by molar-refractivity contribution is 5.74. The summed E-state index contributed by atoms with van der Waals surface area (Å²) in [6.07, 6.45) is 7.57. The van der Waals surface area contributed by atoms with Crippen LogP contribution in [-0.2, 0) is 7.05 Å². The van der Waals surface area contributed by atoms with E-state index < -0.39 is 0 Å². The molecular formula is C21H25N7O2. The monoisotopic (exact) mass is 407 g/mol. The molecule has 30 heavy (non-hydrogen) atoms. The van der Waals surface area contributed by atoms with Crippen LogP contribution in [0.25, 0.3) is 11.0 Å². The van der Waals surface area contributed by atoms with E-state index in [4.69, 9.17) is 4.74 Å². The molecule has 2 aliphatic rings. The van der Waals surface area contributed by atoms with Gasteiger partial charge in [0.25, 0.3) is 5.56 Å². The molecule has 0 unspecified atom stereocenters. The van der Waals surface area contributed by atoms with Crippen molar-refractivity contribution in [2.45, 2.75) is 37.8 Å². The van der Waals surface area contributed by atoms with Gasteiger partial charge in [0.1, 0.15) is 12.1 Å². The number of ether oxygens (including phenoxy) is 1. The Morgan fingerprint density at radius 3 is 2.60 bits per heavy atom. The van der Waals surface area contributed by atoms with Crippen molar-refractivity contribution in [1.29, 1.82) is 0 Å². The van der Waals surface area contributed by atoms with E-state index in [9.17, 15) is 4.79 Å². The summed E-state index contributed by atoms with van der Waals surface area (Å²) >= 11 is 0. The van der Waals surface area contributed by atoms with E-state index in [1.807, 2.05) is 6.07 Å². The van der Waals surface area contributed by atoms with Gasteiger partial charge in [-0.05, 0) is 37.8 Å². The minimum Gasteiger partial charge on any atom is -0.481 e. The van der Waals surface area contributed by atoms with Gasteiger partial charge >= 0.3 is 0 Å². The second kappa shape index (κ2) is 7.55. The molecule has 1 aliphatic heterocycles. The van der Waals surface area contributed by atoms with Crippen LogP contribution in [-0.4, -0.2) is 56.8 Å². The molecule has 156 valence electrons. The first-order valence-electron chi connectivity index (χ1n) is 10.4. The molecule has 3 aromatic rings. The normalized spacial score (nSPS) is 17.3. The van der Waals surface area contributed by atoms with Crippen LogP contribution in [0.3, 0.4) is 0 Å². The minimum absolute atomic E-state index is 0.0575. The third-order valence-corrected chi connectivity index (χ3v) is 6.01. The number of piperidine rings is 1. The fourth-order valence-corrected chi connectivity index (χ4v) is 4.33. The van der Waals surface area contributed by atoms with Crippen molar-refractivity contribution in [2.75, 3.05) is 30.0 Å². The van der Waals surface area contributed by atoms with Crippen LogP contribution in [0.5, 0.6) is 5.88 Å². The SMILES string of the molecule is COc1cc(N(C2CC2)C2CCN(c3nc4ncccc4c(=O)n3C)CC2)ncn1. The summed E-state index contributed by atoms with van der Waals surface area (Å²) in [6, 6.07) is 6.39. The topological polar surface area (TPSA) is 89.3 Å². The van der Waals surface area contributed by atoms with Gasteiger partial charge in [0.05, 0.1) is 12.5 Å². The van der Waals surface area contributed by atoms with Crippen molar-refractivity contribution in [3.8, 4) is 5.88 Å². The zero-order valence-corrected chi connectivity index (χ0v) is 17.2. The first-order valence-corrected chi connectivity index (χ1v) is 10.4. The van der Waals surface area contributed by atoms with Crippen molar-refractivity contribution in [3.63, 3.8) is 0 Å². The molecule has 4 heterocycles. The predicted octanol–water partition coefficient (Wildman–Crippen LogP) is 1.76. The summed E-state index contributed by atoms with van der Waals surface area (Å²) in [4.78, 5) is 35.0. The molecule has 0 bridgehead atoms. The van der Waals surface area contributed by atoms with E-state index in [2.05, 4.69) is 29.7 Å². The largest absolute Gasteiger partial charge is 0.481 e. The summed E-state index contributed by atoms with van der Waals surface area (Å²) < 4.78 is 6.93. The molecule has 1 aliphatic carbocycles. The Balaban J connectivity index is 1.37. The Hall–Kier alpha value is -3.23. The van der Waals surface area contributed by atoms with Crippen LogP contribution < -0.4 is 20.1 Å². The molecule has 1 saturated carbocycles. The minimum atomic E-state index is -0.0575. The molecule has 1 saturated heterocycles. The molecule has 5 rings (SSSR count). The summed E-state index contributed by atoms with van der Waals surface area (Å²) in [7, 11) is 3.41. The van der Waals surface area contributed by atoms with Gasteiger partial charge in [0.15, 0.2) is 5.65 Å². The van der Waals surface area contributed by atoms with E-state index in [1.165, 1.54) is 12.8 Å². The van der Waals surface area contributed by atoms with Crippen LogP contribution >= 0.6 is 0 Å². The van der Waals surface area contributed by atoms with Crippen LogP contribution in [0.4, 0.5) is 11.8 Å². The van der Waals surface area contributed by atoms with E-state index in [1.54, 1.807) is 43.4 Å². The second-order valence-corrected chi connectivity index (χ2v) is 7.93. The zero-order valence-electron chi connectivity index (χ0n) is 17.2. The standard InChI is InChI=1S/C21H25N7O2/c1-26-20(29)16-4-3-9-22-19(16)25-21(26)27-10-7-15(8-11-27)28(14-5-6-14)17-12-18(30-2)24-13-23-17/h3-4,9,12-15H,5-8,10-11H2,1-2H3. The molecule has 9 nitrogen and oxygen atoms in total. The number of nitrogens with zero attached hydrogens (tertiary/aromatic N) is 7. The predicted molar refractivity (Wildman–Crippen MR) is 114 cm³/mol. The Labute approximate surface area is 174 Å². The summed E-state index contributed by atoms with van der Waals surface area (Å²) in [5, 5.41) is 0.552. The molecule has 0 atom stereocenters. The molecule has 0 aromatic carbocycles. The zero-order chi connectivity index (χ0) is 20.7. The molecule has 3 aromatic heterocycles. The molecule has 9 heteroatoms. The van der Waals surface area contributed by atoms with Gasteiger partial charge in [-0.3, -0.25) is 9.36 Å². The average Bonchev–Trinajstić information content (AvgIpc) is 3.62. The lowest BCUT2D eigenvalue weighted by Gasteiger charge is -2.40. The third-order valence-electron chi connectivity index (χ3n) is 6.01. The average molecular weight is 407 g/mol. The highest BCUT2D eigenvalue weighted by atomic mass is 16.5. The van der Waals surface area contributed by atoms with E-state index >= 15 is 0 Å². The first-order chi connectivity index (χ1) is 14.7. The molecule has 0 radical (unpaired) electrons. The quantitative estimate of drug-likeness (QED) is 0.632. The third kappa shape index (κ3) is 3.34. The maximum Gasteiger partial charge on any atom is 0.264 e. The molecule has 0 N–H and O–H groups in total. The molecule has 2 fully saturated rings. The van der Waals surface area contributed by atoms with Crippen LogP contribution in [0.1, 0.15) is 25.7 Å². The maximum absolute atomic E-state index is 12.7. The number of fused-ring (bicyclic) bond motifs is 1. The first kappa shape index (κ1) is 18.8. The van der Waals surface area contributed by atoms with Gasteiger partial charge in [-0.25, -0.2) is 15.0 Å². The Morgan fingerprint density at radius 1 is 1.10 bits per heavy atom. The number of pyridine rings is 1.